The number of hydrogen-bond acceptors (Lipinski definition) is 4. The van der Waals surface area contributed by atoms with Crippen molar-refractivity contribution in [2.45, 2.75) is 52.7 Å². The van der Waals surface area contributed by atoms with Crippen molar-refractivity contribution in [3.05, 3.63) is 71.3 Å². The van der Waals surface area contributed by atoms with Crippen LogP contribution in [0.5, 0.6) is 0 Å². The number of ether oxygens (including phenoxy) is 1. The number of amides is 2. The maximum absolute atomic E-state index is 12.8. The van der Waals surface area contributed by atoms with Crippen molar-refractivity contribution in [3.8, 4) is 0 Å². The predicted molar refractivity (Wildman–Crippen MR) is 112 cm³/mol. The van der Waals surface area contributed by atoms with Crippen LogP contribution in [0.1, 0.15) is 67.8 Å². The maximum Gasteiger partial charge on any atom is 0.429 e. The van der Waals surface area contributed by atoms with E-state index >= 15 is 0 Å². The standard InChI is InChI=1S/C23H28N2O4/c1-22(2,3)25(21(28)29-23(4,5)6)24-20(27)18-14-10-13-17(15-18)19(26)16-11-8-7-9-12-16/h7-15H,1-6H3,(H,24,27). The van der Waals surface area contributed by atoms with Crippen molar-refractivity contribution in [3.63, 3.8) is 0 Å². The van der Waals surface area contributed by atoms with Gasteiger partial charge < -0.3 is 4.74 Å². The first-order chi connectivity index (χ1) is 13.4. The Bertz CT molecular complexity index is 893. The van der Waals surface area contributed by atoms with Crippen LogP contribution in [0, 0.1) is 0 Å². The second kappa shape index (κ2) is 8.47. The van der Waals surface area contributed by atoms with E-state index in [1.165, 1.54) is 6.07 Å². The molecular weight excluding hydrogens is 368 g/mol. The highest BCUT2D eigenvalue weighted by molar-refractivity contribution is 6.10. The van der Waals surface area contributed by atoms with Crippen LogP contribution in [0.3, 0.4) is 0 Å². The normalized spacial score (nSPS) is 11.5. The zero-order valence-corrected chi connectivity index (χ0v) is 17.8. The van der Waals surface area contributed by atoms with Crippen molar-refractivity contribution < 1.29 is 19.1 Å². The fraction of sp³-hybridized carbons (Fsp3) is 0.348. The molecule has 154 valence electrons. The van der Waals surface area contributed by atoms with Gasteiger partial charge in [-0.25, -0.2) is 9.80 Å². The molecule has 0 aliphatic carbocycles. The highest BCUT2D eigenvalue weighted by atomic mass is 16.6. The third kappa shape index (κ3) is 6.17. The molecule has 0 aromatic heterocycles. The quantitative estimate of drug-likeness (QED) is 0.608. The smallest absolute Gasteiger partial charge is 0.429 e. The lowest BCUT2D eigenvalue weighted by Gasteiger charge is -2.36. The Morgan fingerprint density at radius 3 is 1.90 bits per heavy atom. The molecule has 0 spiro atoms. The van der Waals surface area contributed by atoms with Gasteiger partial charge in [0.15, 0.2) is 5.78 Å². The number of hydrogen-bond donors (Lipinski definition) is 1. The van der Waals surface area contributed by atoms with Crippen molar-refractivity contribution in [2.24, 2.45) is 0 Å². The average Bonchev–Trinajstić information content (AvgIpc) is 2.63. The van der Waals surface area contributed by atoms with Gasteiger partial charge in [0.25, 0.3) is 5.91 Å². The lowest BCUT2D eigenvalue weighted by Crippen LogP contribution is -2.57. The number of rotatable bonds is 3. The van der Waals surface area contributed by atoms with Crippen LogP contribution in [0.25, 0.3) is 0 Å². The molecule has 0 radical (unpaired) electrons. The van der Waals surface area contributed by atoms with Gasteiger partial charge in [-0.05, 0) is 53.7 Å². The van der Waals surface area contributed by atoms with Crippen LogP contribution in [0.2, 0.25) is 0 Å². The second-order valence-corrected chi connectivity index (χ2v) is 8.70. The Morgan fingerprint density at radius 1 is 0.793 bits per heavy atom. The first-order valence-corrected chi connectivity index (χ1v) is 9.42. The second-order valence-electron chi connectivity index (χ2n) is 8.70. The zero-order chi connectivity index (χ0) is 21.8. The molecule has 0 saturated heterocycles. The summed E-state index contributed by atoms with van der Waals surface area (Å²) in [5, 5.41) is 1.16. The summed E-state index contributed by atoms with van der Waals surface area (Å²) in [6.07, 6.45) is -0.658. The maximum atomic E-state index is 12.8. The molecule has 0 saturated carbocycles. The summed E-state index contributed by atoms with van der Waals surface area (Å²) in [5.74, 6) is -0.687. The molecule has 0 fully saturated rings. The largest absolute Gasteiger partial charge is 0.442 e. The molecule has 0 atom stereocenters. The van der Waals surface area contributed by atoms with Gasteiger partial charge >= 0.3 is 6.09 Å². The van der Waals surface area contributed by atoms with E-state index in [4.69, 9.17) is 4.74 Å². The Morgan fingerprint density at radius 2 is 1.34 bits per heavy atom. The SMILES string of the molecule is CC(C)(C)OC(=O)N(NC(=O)c1cccc(C(=O)c2ccccc2)c1)C(C)(C)C. The van der Waals surface area contributed by atoms with Crippen LogP contribution in [-0.4, -0.2) is 33.9 Å². The Kier molecular flexibility index (Phi) is 6.47. The number of nitrogens with zero attached hydrogens (tertiary/aromatic N) is 1. The van der Waals surface area contributed by atoms with Crippen molar-refractivity contribution in [1.29, 1.82) is 0 Å². The molecule has 0 bridgehead atoms. The summed E-state index contributed by atoms with van der Waals surface area (Å²) in [5.41, 5.74) is 2.39. The molecular formula is C23H28N2O4. The van der Waals surface area contributed by atoms with E-state index < -0.39 is 23.1 Å². The predicted octanol–water partition coefficient (Wildman–Crippen LogP) is 4.60. The zero-order valence-electron chi connectivity index (χ0n) is 17.8. The van der Waals surface area contributed by atoms with E-state index in [0.29, 0.717) is 11.1 Å². The average molecular weight is 396 g/mol. The summed E-state index contributed by atoms with van der Waals surface area (Å²) in [4.78, 5) is 38.0. The molecule has 0 unspecified atom stereocenters. The molecule has 2 amide bonds. The van der Waals surface area contributed by atoms with Gasteiger partial charge in [0.1, 0.15) is 5.60 Å². The van der Waals surface area contributed by atoms with E-state index in [2.05, 4.69) is 5.43 Å². The Balaban J connectivity index is 2.24. The third-order valence-electron chi connectivity index (χ3n) is 3.88. The van der Waals surface area contributed by atoms with E-state index in [0.717, 1.165) is 5.01 Å². The molecule has 6 heteroatoms. The van der Waals surface area contributed by atoms with Crippen LogP contribution in [0.15, 0.2) is 54.6 Å². The monoisotopic (exact) mass is 396 g/mol. The van der Waals surface area contributed by atoms with E-state index in [1.54, 1.807) is 84.0 Å². The van der Waals surface area contributed by atoms with Crippen molar-refractivity contribution in [1.82, 2.24) is 10.4 Å². The highest BCUT2D eigenvalue weighted by Gasteiger charge is 2.32. The molecule has 0 aliphatic heterocycles. The number of ketones is 1. The fourth-order valence-electron chi connectivity index (χ4n) is 2.52. The van der Waals surface area contributed by atoms with Gasteiger partial charge in [0.05, 0.1) is 5.54 Å². The molecule has 0 aliphatic rings. The third-order valence-corrected chi connectivity index (χ3v) is 3.88. The summed E-state index contributed by atoms with van der Waals surface area (Å²) >= 11 is 0. The van der Waals surface area contributed by atoms with Crippen LogP contribution >= 0.6 is 0 Å². The Labute approximate surface area is 171 Å². The van der Waals surface area contributed by atoms with Gasteiger partial charge in [0, 0.05) is 16.7 Å². The lowest BCUT2D eigenvalue weighted by atomic mass is 10.0. The number of carbonyl (C=O) groups excluding carboxylic acids is 3. The minimum absolute atomic E-state index is 0.180. The van der Waals surface area contributed by atoms with Gasteiger partial charge in [-0.2, -0.15) is 0 Å². The first-order valence-electron chi connectivity index (χ1n) is 9.42. The number of hydrazine groups is 1. The molecule has 29 heavy (non-hydrogen) atoms. The number of nitrogens with one attached hydrogen (secondary N) is 1. The number of benzene rings is 2. The molecule has 2 rings (SSSR count). The van der Waals surface area contributed by atoms with Crippen molar-refractivity contribution >= 4 is 17.8 Å². The molecule has 6 nitrogen and oxygen atoms in total. The minimum atomic E-state index is -0.713. The fourth-order valence-corrected chi connectivity index (χ4v) is 2.52. The van der Waals surface area contributed by atoms with E-state index in [-0.39, 0.29) is 11.3 Å². The molecule has 2 aromatic carbocycles. The van der Waals surface area contributed by atoms with Gasteiger partial charge in [0.2, 0.25) is 0 Å². The Hall–Kier alpha value is -3.15. The topological polar surface area (TPSA) is 75.7 Å². The van der Waals surface area contributed by atoms with Gasteiger partial charge in [-0.1, -0.05) is 42.5 Å². The summed E-state index contributed by atoms with van der Waals surface area (Å²) in [6, 6.07) is 15.2. The lowest BCUT2D eigenvalue weighted by molar-refractivity contribution is -0.00966. The summed E-state index contributed by atoms with van der Waals surface area (Å²) in [6.45, 7) is 10.6. The minimum Gasteiger partial charge on any atom is -0.442 e. The van der Waals surface area contributed by atoms with E-state index in [1.807, 2.05) is 6.07 Å². The molecule has 2 aromatic rings. The molecule has 0 heterocycles. The molecule has 1 N–H and O–H groups in total. The summed E-state index contributed by atoms with van der Waals surface area (Å²) in [7, 11) is 0. The van der Waals surface area contributed by atoms with E-state index in [9.17, 15) is 14.4 Å². The van der Waals surface area contributed by atoms with Gasteiger partial charge in [-0.15, -0.1) is 0 Å². The van der Waals surface area contributed by atoms with Gasteiger partial charge in [-0.3, -0.25) is 15.0 Å². The van der Waals surface area contributed by atoms with Crippen LogP contribution in [0.4, 0.5) is 4.79 Å². The van der Waals surface area contributed by atoms with Crippen LogP contribution in [-0.2, 0) is 4.74 Å². The first kappa shape index (κ1) is 22.1. The summed E-state index contributed by atoms with van der Waals surface area (Å²) < 4.78 is 5.40. The number of carbonyl (C=O) groups is 3. The highest BCUT2D eigenvalue weighted by Crippen LogP contribution is 2.18. The van der Waals surface area contributed by atoms with Crippen molar-refractivity contribution in [2.75, 3.05) is 0 Å². The van der Waals surface area contributed by atoms with Crippen LogP contribution < -0.4 is 5.43 Å².